The van der Waals surface area contributed by atoms with Gasteiger partial charge in [-0.15, -0.1) is 0 Å². The first-order valence-electron chi connectivity index (χ1n) is 6.38. The molecule has 0 aromatic heterocycles. The maximum Gasteiger partial charge on any atom is 0.228 e. The Balaban J connectivity index is 2.14. The molecule has 1 N–H and O–H groups in total. The summed E-state index contributed by atoms with van der Waals surface area (Å²) < 4.78 is 0. The van der Waals surface area contributed by atoms with Crippen LogP contribution in [0, 0.1) is 0 Å². The first-order valence-corrected chi connectivity index (χ1v) is 7.67. The van der Waals surface area contributed by atoms with E-state index in [2.05, 4.69) is 34.2 Å². The molecular weight excluding hydrogens is 314 g/mol. The number of rotatable bonds is 5. The van der Waals surface area contributed by atoms with Crippen LogP contribution in [0.4, 0.5) is 5.69 Å². The highest BCUT2D eigenvalue weighted by molar-refractivity contribution is 9.09. The Hall–Kier alpha value is -0.540. The number of alkyl halides is 1. The van der Waals surface area contributed by atoms with E-state index in [0.29, 0.717) is 6.42 Å². The van der Waals surface area contributed by atoms with E-state index in [1.54, 1.807) is 0 Å². The minimum absolute atomic E-state index is 0.0512. The Morgan fingerprint density at radius 2 is 2.22 bits per heavy atom. The molecule has 0 aliphatic carbocycles. The van der Waals surface area contributed by atoms with Crippen molar-refractivity contribution in [2.45, 2.75) is 43.9 Å². The molecule has 2 rings (SSSR count). The van der Waals surface area contributed by atoms with Crippen molar-refractivity contribution < 1.29 is 4.79 Å². The van der Waals surface area contributed by atoms with Gasteiger partial charge < -0.3 is 5.32 Å². The molecule has 0 saturated carbocycles. The highest BCUT2D eigenvalue weighted by Crippen LogP contribution is 2.38. The molecule has 1 aromatic carbocycles. The SMILES string of the molecule is CCCCCC(Br)c1cc2c(cc1Cl)NC(=O)C2. The van der Waals surface area contributed by atoms with Crippen LogP contribution in [0.1, 0.15) is 48.6 Å². The van der Waals surface area contributed by atoms with Crippen LogP contribution in [0.25, 0.3) is 0 Å². The van der Waals surface area contributed by atoms with Gasteiger partial charge in [-0.3, -0.25) is 4.79 Å². The molecule has 0 radical (unpaired) electrons. The maximum absolute atomic E-state index is 11.3. The van der Waals surface area contributed by atoms with Crippen molar-refractivity contribution in [3.05, 3.63) is 28.3 Å². The van der Waals surface area contributed by atoms with Gasteiger partial charge in [-0.1, -0.05) is 59.8 Å². The average Bonchev–Trinajstić information content (AvgIpc) is 2.67. The summed E-state index contributed by atoms with van der Waals surface area (Å²) in [5, 5.41) is 3.55. The van der Waals surface area contributed by atoms with Crippen LogP contribution in [0.3, 0.4) is 0 Å². The topological polar surface area (TPSA) is 29.1 Å². The zero-order chi connectivity index (χ0) is 13.1. The Bertz CT molecular complexity index is 461. The van der Waals surface area contributed by atoms with Crippen molar-refractivity contribution in [1.82, 2.24) is 0 Å². The number of hydrogen-bond donors (Lipinski definition) is 1. The van der Waals surface area contributed by atoms with E-state index >= 15 is 0 Å². The maximum atomic E-state index is 11.3. The molecule has 4 heteroatoms. The number of nitrogens with one attached hydrogen (secondary N) is 1. The van der Waals surface area contributed by atoms with E-state index in [4.69, 9.17) is 11.6 Å². The third-order valence-corrected chi connectivity index (χ3v) is 4.52. The fourth-order valence-electron chi connectivity index (χ4n) is 2.24. The monoisotopic (exact) mass is 329 g/mol. The summed E-state index contributed by atoms with van der Waals surface area (Å²) in [7, 11) is 0. The van der Waals surface area contributed by atoms with Gasteiger partial charge in [0, 0.05) is 15.5 Å². The second kappa shape index (κ2) is 6.07. The van der Waals surface area contributed by atoms with Crippen LogP contribution in [-0.2, 0) is 11.2 Å². The van der Waals surface area contributed by atoms with Gasteiger partial charge in [-0.05, 0) is 23.6 Å². The van der Waals surface area contributed by atoms with Crippen LogP contribution < -0.4 is 5.32 Å². The summed E-state index contributed by atoms with van der Waals surface area (Å²) in [6, 6.07) is 3.92. The van der Waals surface area contributed by atoms with Crippen molar-refractivity contribution in [1.29, 1.82) is 0 Å². The number of unbranched alkanes of at least 4 members (excludes halogenated alkanes) is 2. The van der Waals surface area contributed by atoms with E-state index in [1.807, 2.05) is 6.07 Å². The van der Waals surface area contributed by atoms with E-state index in [9.17, 15) is 4.79 Å². The lowest BCUT2D eigenvalue weighted by Crippen LogP contribution is -2.03. The van der Waals surface area contributed by atoms with Crippen molar-refractivity contribution in [2.75, 3.05) is 5.32 Å². The van der Waals surface area contributed by atoms with Gasteiger partial charge in [-0.25, -0.2) is 0 Å². The van der Waals surface area contributed by atoms with Crippen LogP contribution in [0.15, 0.2) is 12.1 Å². The first kappa shape index (κ1) is 13.9. The molecule has 0 spiro atoms. The molecule has 1 unspecified atom stereocenters. The zero-order valence-corrected chi connectivity index (χ0v) is 12.8. The summed E-state index contributed by atoms with van der Waals surface area (Å²) in [5.74, 6) is 0.0512. The summed E-state index contributed by atoms with van der Waals surface area (Å²) in [5.41, 5.74) is 3.02. The minimum Gasteiger partial charge on any atom is -0.325 e. The van der Waals surface area contributed by atoms with Gasteiger partial charge in [0.1, 0.15) is 0 Å². The lowest BCUT2D eigenvalue weighted by Gasteiger charge is -2.13. The third kappa shape index (κ3) is 3.07. The number of anilines is 1. The van der Waals surface area contributed by atoms with Crippen molar-refractivity contribution in [3.63, 3.8) is 0 Å². The van der Waals surface area contributed by atoms with E-state index in [1.165, 1.54) is 19.3 Å². The molecule has 1 amide bonds. The number of carbonyl (C=O) groups is 1. The highest BCUT2D eigenvalue weighted by atomic mass is 79.9. The fourth-order valence-corrected chi connectivity index (χ4v) is 3.37. The molecule has 1 aromatic rings. The van der Waals surface area contributed by atoms with Gasteiger partial charge in [0.15, 0.2) is 0 Å². The molecule has 1 heterocycles. The quantitative estimate of drug-likeness (QED) is 0.607. The number of amides is 1. The molecule has 18 heavy (non-hydrogen) atoms. The molecule has 0 saturated heterocycles. The predicted octanol–water partition coefficient (Wildman–Crippen LogP) is 4.85. The summed E-state index contributed by atoms with van der Waals surface area (Å²) in [6.07, 6.45) is 5.19. The highest BCUT2D eigenvalue weighted by Gasteiger charge is 2.21. The molecular formula is C14H17BrClNO. The first-order chi connectivity index (χ1) is 8.61. The van der Waals surface area contributed by atoms with Crippen LogP contribution in [-0.4, -0.2) is 5.91 Å². The summed E-state index contributed by atoms with van der Waals surface area (Å²) in [4.78, 5) is 11.6. The second-order valence-corrected chi connectivity index (χ2v) is 6.23. The van der Waals surface area contributed by atoms with Crippen molar-refractivity contribution in [3.8, 4) is 0 Å². The molecule has 98 valence electrons. The van der Waals surface area contributed by atoms with Crippen LogP contribution in [0.5, 0.6) is 0 Å². The number of halogens is 2. The van der Waals surface area contributed by atoms with E-state index in [0.717, 1.165) is 28.3 Å². The standard InChI is InChI=1S/C14H17BrClNO/c1-2-3-4-5-11(15)10-6-9-7-14(18)17-13(9)8-12(10)16/h6,8,11H,2-5,7H2,1H3,(H,17,18). The summed E-state index contributed by atoms with van der Waals surface area (Å²) in [6.45, 7) is 2.20. The normalized spacial score (nSPS) is 15.4. The third-order valence-electron chi connectivity index (χ3n) is 3.25. The number of benzene rings is 1. The van der Waals surface area contributed by atoms with Gasteiger partial charge in [0.05, 0.1) is 6.42 Å². The average molecular weight is 331 g/mol. The summed E-state index contributed by atoms with van der Waals surface area (Å²) >= 11 is 9.98. The number of carbonyl (C=O) groups excluding carboxylic acids is 1. The Morgan fingerprint density at radius 1 is 1.44 bits per heavy atom. The lowest BCUT2D eigenvalue weighted by atomic mass is 10.0. The molecule has 2 nitrogen and oxygen atoms in total. The minimum atomic E-state index is 0.0512. The zero-order valence-electron chi connectivity index (χ0n) is 10.4. The Kier molecular flexibility index (Phi) is 4.68. The van der Waals surface area contributed by atoms with E-state index in [-0.39, 0.29) is 10.7 Å². The van der Waals surface area contributed by atoms with Crippen molar-refractivity contribution in [2.24, 2.45) is 0 Å². The predicted molar refractivity (Wildman–Crippen MR) is 79.6 cm³/mol. The fraction of sp³-hybridized carbons (Fsp3) is 0.500. The number of fused-ring (bicyclic) bond motifs is 1. The van der Waals surface area contributed by atoms with Crippen LogP contribution >= 0.6 is 27.5 Å². The van der Waals surface area contributed by atoms with Gasteiger partial charge >= 0.3 is 0 Å². The second-order valence-electron chi connectivity index (χ2n) is 4.72. The smallest absolute Gasteiger partial charge is 0.228 e. The van der Waals surface area contributed by atoms with Gasteiger partial charge in [-0.2, -0.15) is 0 Å². The van der Waals surface area contributed by atoms with Gasteiger partial charge in [0.25, 0.3) is 0 Å². The Labute approximate surface area is 121 Å². The molecule has 0 bridgehead atoms. The van der Waals surface area contributed by atoms with Gasteiger partial charge in [0.2, 0.25) is 5.91 Å². The Morgan fingerprint density at radius 3 is 2.94 bits per heavy atom. The largest absolute Gasteiger partial charge is 0.325 e. The lowest BCUT2D eigenvalue weighted by molar-refractivity contribution is -0.115. The molecule has 1 aliphatic rings. The number of hydrogen-bond acceptors (Lipinski definition) is 1. The van der Waals surface area contributed by atoms with E-state index < -0.39 is 0 Å². The van der Waals surface area contributed by atoms with Crippen LogP contribution in [0.2, 0.25) is 5.02 Å². The molecule has 1 atom stereocenters. The molecule has 0 fully saturated rings. The van der Waals surface area contributed by atoms with Crippen molar-refractivity contribution >= 4 is 39.1 Å². The molecule has 1 aliphatic heterocycles.